The van der Waals surface area contributed by atoms with Crippen LogP contribution >= 0.6 is 15.2 Å². The molecule has 4 aliphatic carbocycles. The maximum Gasteiger partial charge on any atom is 0.141 e. The molecular weight excluding hydrogens is 434 g/mol. The second-order valence-corrected chi connectivity index (χ2v) is 29.6. The van der Waals surface area contributed by atoms with Crippen LogP contribution in [0, 0.1) is 17.8 Å². The van der Waals surface area contributed by atoms with Gasteiger partial charge in [-0.15, -0.1) is 0 Å². The Hall–Kier alpha value is 0.374. The molecule has 2 heterocycles. The summed E-state index contributed by atoms with van der Waals surface area (Å²) in [5.74, 6) is 4.68. The summed E-state index contributed by atoms with van der Waals surface area (Å²) in [4.78, 5) is 3.73. The SMILES string of the molecule is C[Si](C)(C)C(p1nc(N2CCCCC2)c(C23CC4CC(CC(C4)C2)C3)p1)[Si](C)(C)C. The average Bonchev–Trinajstić information content (AvgIpc) is 3.04. The monoisotopic (exact) mass is 478 g/mol. The van der Waals surface area contributed by atoms with E-state index in [0.29, 0.717) is 5.41 Å². The van der Waals surface area contributed by atoms with Crippen LogP contribution in [-0.2, 0) is 5.41 Å². The molecule has 0 radical (unpaired) electrons. The van der Waals surface area contributed by atoms with E-state index < -0.39 is 16.1 Å². The van der Waals surface area contributed by atoms with Gasteiger partial charge >= 0.3 is 0 Å². The highest BCUT2D eigenvalue weighted by molar-refractivity contribution is 8.01. The van der Waals surface area contributed by atoms with Gasteiger partial charge in [0.05, 0.1) is 16.1 Å². The van der Waals surface area contributed by atoms with Crippen LogP contribution in [0.15, 0.2) is 0 Å². The highest BCUT2D eigenvalue weighted by Gasteiger charge is 2.54. The van der Waals surface area contributed by atoms with Gasteiger partial charge in [0.15, 0.2) is 0 Å². The molecule has 6 rings (SSSR count). The van der Waals surface area contributed by atoms with Crippen molar-refractivity contribution in [1.29, 1.82) is 0 Å². The molecular formula is C24H44N2P2Si2. The minimum Gasteiger partial charge on any atom is -0.356 e. The maximum absolute atomic E-state index is 5.81. The third kappa shape index (κ3) is 3.95. The number of nitrogens with zero attached hydrogens (tertiary/aromatic N) is 2. The predicted molar refractivity (Wildman–Crippen MR) is 141 cm³/mol. The Bertz CT molecular complexity index is 737. The zero-order valence-electron chi connectivity index (χ0n) is 20.4. The Morgan fingerprint density at radius 3 is 1.83 bits per heavy atom. The van der Waals surface area contributed by atoms with E-state index in [9.17, 15) is 0 Å². The van der Waals surface area contributed by atoms with Crippen molar-refractivity contribution in [1.82, 2.24) is 4.75 Å². The van der Waals surface area contributed by atoms with Gasteiger partial charge in [-0.25, -0.2) is 4.75 Å². The molecule has 0 spiro atoms. The predicted octanol–water partition coefficient (Wildman–Crippen LogP) is 8.40. The van der Waals surface area contributed by atoms with Crippen LogP contribution in [0.5, 0.6) is 0 Å². The molecule has 168 valence electrons. The van der Waals surface area contributed by atoms with E-state index in [1.54, 1.807) is 33.0 Å². The molecule has 1 atom stereocenters. The van der Waals surface area contributed by atoms with Crippen LogP contribution in [0.4, 0.5) is 5.82 Å². The average molecular weight is 479 g/mol. The number of anilines is 1. The van der Waals surface area contributed by atoms with Crippen molar-refractivity contribution in [2.75, 3.05) is 18.0 Å². The molecule has 5 fully saturated rings. The van der Waals surface area contributed by atoms with Crippen molar-refractivity contribution in [2.45, 2.75) is 107 Å². The lowest BCUT2D eigenvalue weighted by Crippen LogP contribution is -2.48. The van der Waals surface area contributed by atoms with Crippen LogP contribution in [0.3, 0.4) is 0 Å². The van der Waals surface area contributed by atoms with Gasteiger partial charge in [0.1, 0.15) is 5.82 Å². The fourth-order valence-electron chi connectivity index (χ4n) is 8.48. The van der Waals surface area contributed by atoms with Crippen molar-refractivity contribution >= 4 is 37.2 Å². The lowest BCUT2D eigenvalue weighted by Gasteiger charge is -2.57. The van der Waals surface area contributed by atoms with Gasteiger partial charge in [-0.1, -0.05) is 39.3 Å². The van der Waals surface area contributed by atoms with Crippen molar-refractivity contribution in [3.8, 4) is 0 Å². The molecule has 6 heteroatoms. The van der Waals surface area contributed by atoms with Crippen LogP contribution < -0.4 is 4.90 Å². The number of aromatic nitrogens is 1. The van der Waals surface area contributed by atoms with Crippen LogP contribution in [0.1, 0.15) is 68.0 Å². The smallest absolute Gasteiger partial charge is 0.141 e. The Balaban J connectivity index is 1.61. The summed E-state index contributed by atoms with van der Waals surface area (Å²) in [5, 5.41) is 1.89. The molecule has 0 N–H and O–H groups in total. The van der Waals surface area contributed by atoms with Gasteiger partial charge in [-0.3, -0.25) is 0 Å². The first-order valence-corrected chi connectivity index (χ1v) is 22.9. The van der Waals surface area contributed by atoms with Gasteiger partial charge in [-0.2, -0.15) is 0 Å². The number of rotatable bonds is 5. The van der Waals surface area contributed by atoms with E-state index in [-0.39, 0.29) is 7.37 Å². The Morgan fingerprint density at radius 1 is 0.867 bits per heavy atom. The summed E-state index contributed by atoms with van der Waals surface area (Å²) < 4.78 is 5.81. The molecule has 4 bridgehead atoms. The zero-order valence-corrected chi connectivity index (χ0v) is 24.2. The fraction of sp³-hybridized carbons (Fsp3) is 0.917. The van der Waals surface area contributed by atoms with E-state index in [0.717, 1.165) is 22.7 Å². The van der Waals surface area contributed by atoms with Crippen LogP contribution in [0.25, 0.3) is 0 Å². The molecule has 30 heavy (non-hydrogen) atoms. The third-order valence-corrected chi connectivity index (χ3v) is 28.7. The Labute approximate surface area is 190 Å². The minimum atomic E-state index is -1.24. The fourth-order valence-corrected chi connectivity index (χ4v) is 36.0. The topological polar surface area (TPSA) is 16.1 Å². The summed E-state index contributed by atoms with van der Waals surface area (Å²) in [6, 6.07) is 0. The summed E-state index contributed by atoms with van der Waals surface area (Å²) in [6.07, 6.45) is 13.4. The first kappa shape index (κ1) is 22.2. The number of hydrogen-bond acceptors (Lipinski definition) is 2. The molecule has 1 aromatic rings. The maximum atomic E-state index is 5.81. The van der Waals surface area contributed by atoms with Crippen molar-refractivity contribution in [2.24, 2.45) is 17.8 Å². The first-order chi connectivity index (χ1) is 14.1. The van der Waals surface area contributed by atoms with Gasteiger partial charge in [0, 0.05) is 28.7 Å². The zero-order chi connectivity index (χ0) is 21.3. The summed E-state index contributed by atoms with van der Waals surface area (Å²) in [6.45, 7) is 18.4. The standard InChI is InChI=1S/C24H44N2P2Si2/c1-29(2,3)23(30(4,5)6)28-25-22(26-10-8-7-9-11-26)21(27-28)24-15-18-12-19(16-24)14-20(13-18)17-24/h18-20,23H,7-17H2,1-6H3. The number of hydrogen-bond donors (Lipinski definition) is 0. The summed E-state index contributed by atoms with van der Waals surface area (Å²) >= 11 is 0. The van der Waals surface area contributed by atoms with Gasteiger partial charge < -0.3 is 4.90 Å². The van der Waals surface area contributed by atoms with Gasteiger partial charge in [-0.05, 0) is 90.8 Å². The second-order valence-electron chi connectivity index (χ2n) is 13.6. The van der Waals surface area contributed by atoms with E-state index >= 15 is 0 Å². The highest BCUT2D eigenvalue weighted by atomic mass is 31.9. The van der Waals surface area contributed by atoms with Crippen molar-refractivity contribution in [3.05, 3.63) is 5.30 Å². The van der Waals surface area contributed by atoms with E-state index in [1.165, 1.54) is 51.6 Å². The van der Waals surface area contributed by atoms with E-state index in [1.807, 2.05) is 5.30 Å². The van der Waals surface area contributed by atoms with E-state index in [4.69, 9.17) is 4.75 Å². The molecule has 0 aromatic carbocycles. The summed E-state index contributed by atoms with van der Waals surface area (Å²) in [5.41, 5.74) is 0.549. The molecule has 1 aliphatic heterocycles. The molecule has 0 amide bonds. The number of piperidine rings is 1. The Kier molecular flexibility index (Phi) is 5.70. The molecule has 5 aliphatic rings. The minimum absolute atomic E-state index is 0.235. The Morgan fingerprint density at radius 2 is 1.37 bits per heavy atom. The highest BCUT2D eigenvalue weighted by Crippen LogP contribution is 2.67. The quantitative estimate of drug-likeness (QED) is 0.395. The third-order valence-electron chi connectivity index (χ3n) is 8.68. The molecule has 1 unspecified atom stereocenters. The van der Waals surface area contributed by atoms with Gasteiger partial charge in [0.25, 0.3) is 0 Å². The van der Waals surface area contributed by atoms with Crippen LogP contribution in [-0.4, -0.2) is 34.0 Å². The largest absolute Gasteiger partial charge is 0.356 e. The molecule has 4 saturated carbocycles. The second kappa shape index (κ2) is 7.71. The van der Waals surface area contributed by atoms with Crippen molar-refractivity contribution in [3.63, 3.8) is 0 Å². The van der Waals surface area contributed by atoms with Gasteiger partial charge in [0.2, 0.25) is 0 Å². The van der Waals surface area contributed by atoms with Crippen LogP contribution in [0.2, 0.25) is 39.3 Å². The van der Waals surface area contributed by atoms with Crippen molar-refractivity contribution < 1.29 is 0 Å². The first-order valence-electron chi connectivity index (χ1n) is 12.8. The lowest BCUT2D eigenvalue weighted by atomic mass is 9.49. The molecule has 1 aromatic heterocycles. The normalized spacial score (nSPS) is 35.1. The van der Waals surface area contributed by atoms with E-state index in [2.05, 4.69) is 44.2 Å². The summed E-state index contributed by atoms with van der Waals surface area (Å²) in [7, 11) is -0.994. The molecule has 2 nitrogen and oxygen atoms in total. The lowest BCUT2D eigenvalue weighted by molar-refractivity contribution is -0.00332. The molecule has 1 saturated heterocycles.